The van der Waals surface area contributed by atoms with Gasteiger partial charge in [-0.1, -0.05) is 0 Å². The largest absolute Gasteiger partial charge is 0.497 e. The second kappa shape index (κ2) is 4.45. The summed E-state index contributed by atoms with van der Waals surface area (Å²) in [4.78, 5) is 11.1. The number of carbonyl (C=O) groups is 1. The molecule has 0 bridgehead atoms. The second-order valence-corrected chi connectivity index (χ2v) is 4.48. The van der Waals surface area contributed by atoms with Gasteiger partial charge in [0.15, 0.2) is 5.76 Å². The molecule has 1 aromatic carbocycles. The van der Waals surface area contributed by atoms with Gasteiger partial charge in [-0.05, 0) is 36.4 Å². The Balaban J connectivity index is 2.12. The molecule has 1 N–H and O–H groups in total. The van der Waals surface area contributed by atoms with Gasteiger partial charge >= 0.3 is 5.97 Å². The topological polar surface area (TPSA) is 64.6 Å². The first-order chi connectivity index (χ1) is 9.60. The Morgan fingerprint density at radius 1 is 1.25 bits per heavy atom. The summed E-state index contributed by atoms with van der Waals surface area (Å²) in [5.41, 5.74) is 1.68. The normalized spacial score (nSPS) is 10.9. The lowest BCUT2D eigenvalue weighted by atomic mass is 10.2. The van der Waals surface area contributed by atoms with Gasteiger partial charge in [-0.2, -0.15) is 0 Å². The van der Waals surface area contributed by atoms with Crippen molar-refractivity contribution in [3.63, 3.8) is 0 Å². The van der Waals surface area contributed by atoms with E-state index in [9.17, 15) is 4.79 Å². The average molecular weight is 271 g/mol. The third kappa shape index (κ3) is 1.84. The third-order valence-electron chi connectivity index (χ3n) is 3.32. The summed E-state index contributed by atoms with van der Waals surface area (Å²) in [6.45, 7) is 0. The number of hydrogen-bond donors (Lipinski definition) is 1. The highest BCUT2D eigenvalue weighted by Crippen LogP contribution is 2.30. The van der Waals surface area contributed by atoms with Crippen LogP contribution in [0.4, 0.5) is 0 Å². The predicted molar refractivity (Wildman–Crippen MR) is 74.1 cm³/mol. The van der Waals surface area contributed by atoms with Crippen LogP contribution in [0.5, 0.6) is 5.75 Å². The Morgan fingerprint density at radius 3 is 2.70 bits per heavy atom. The summed E-state index contributed by atoms with van der Waals surface area (Å²) >= 11 is 0. The average Bonchev–Trinajstić information content (AvgIpc) is 3.00. The van der Waals surface area contributed by atoms with Crippen LogP contribution in [0.2, 0.25) is 0 Å². The van der Waals surface area contributed by atoms with Gasteiger partial charge in [-0.25, -0.2) is 4.79 Å². The quantitative estimate of drug-likeness (QED) is 0.794. The molecule has 0 spiro atoms. The summed E-state index contributed by atoms with van der Waals surface area (Å²) < 4.78 is 12.5. The Bertz CT molecular complexity index is 797. The first-order valence-corrected chi connectivity index (χ1v) is 6.07. The fraction of sp³-hybridized carbons (Fsp3) is 0.133. The molecule has 0 aliphatic heterocycles. The smallest absolute Gasteiger partial charge is 0.352 e. The summed E-state index contributed by atoms with van der Waals surface area (Å²) in [5.74, 6) is 0.419. The molecule has 0 aliphatic rings. The van der Waals surface area contributed by atoms with Crippen molar-refractivity contribution < 1.29 is 19.1 Å². The van der Waals surface area contributed by atoms with E-state index in [0.29, 0.717) is 5.76 Å². The lowest BCUT2D eigenvalue weighted by molar-refractivity contribution is 0.0686. The number of benzene rings is 1. The van der Waals surface area contributed by atoms with Crippen LogP contribution in [0.15, 0.2) is 40.8 Å². The van der Waals surface area contributed by atoms with E-state index in [0.717, 1.165) is 22.4 Å². The molecular weight excluding hydrogens is 258 g/mol. The number of rotatable bonds is 3. The number of fused-ring (bicyclic) bond motifs is 1. The van der Waals surface area contributed by atoms with Gasteiger partial charge in [-0.15, -0.1) is 0 Å². The maximum absolute atomic E-state index is 11.1. The van der Waals surface area contributed by atoms with Gasteiger partial charge in [0.25, 0.3) is 0 Å². The fourth-order valence-corrected chi connectivity index (χ4v) is 2.25. The van der Waals surface area contributed by atoms with E-state index >= 15 is 0 Å². The van der Waals surface area contributed by atoms with Crippen molar-refractivity contribution >= 4 is 16.9 Å². The van der Waals surface area contributed by atoms with E-state index in [1.807, 2.05) is 24.3 Å². The minimum absolute atomic E-state index is 0.220. The molecule has 0 saturated carbocycles. The second-order valence-electron chi connectivity index (χ2n) is 4.48. The number of carboxylic acids is 1. The molecule has 102 valence electrons. The van der Waals surface area contributed by atoms with Gasteiger partial charge in [0.05, 0.1) is 12.8 Å². The van der Waals surface area contributed by atoms with E-state index in [1.165, 1.54) is 0 Å². The molecule has 2 heterocycles. The fourth-order valence-electron chi connectivity index (χ4n) is 2.25. The van der Waals surface area contributed by atoms with E-state index in [-0.39, 0.29) is 5.69 Å². The zero-order valence-corrected chi connectivity index (χ0v) is 11.1. The van der Waals surface area contributed by atoms with Crippen LogP contribution >= 0.6 is 0 Å². The van der Waals surface area contributed by atoms with Crippen LogP contribution < -0.4 is 4.74 Å². The number of methoxy groups -OCH3 is 1. The first-order valence-electron chi connectivity index (χ1n) is 6.07. The molecule has 0 aliphatic carbocycles. The van der Waals surface area contributed by atoms with E-state index in [1.54, 1.807) is 30.9 Å². The van der Waals surface area contributed by atoms with Crippen molar-refractivity contribution in [1.82, 2.24) is 4.57 Å². The first kappa shape index (κ1) is 12.3. The lowest BCUT2D eigenvalue weighted by Gasteiger charge is -2.01. The monoisotopic (exact) mass is 271 g/mol. The highest BCUT2D eigenvalue weighted by Gasteiger charge is 2.15. The van der Waals surface area contributed by atoms with Gasteiger partial charge < -0.3 is 18.8 Å². The zero-order valence-electron chi connectivity index (χ0n) is 11.1. The zero-order chi connectivity index (χ0) is 14.3. The number of nitrogens with zero attached hydrogens (tertiary/aromatic N) is 1. The molecule has 3 aromatic rings. The molecule has 2 aromatic heterocycles. The number of ether oxygens (including phenoxy) is 1. The number of hydrogen-bond acceptors (Lipinski definition) is 3. The van der Waals surface area contributed by atoms with Gasteiger partial charge in [0.1, 0.15) is 17.0 Å². The molecule has 0 atom stereocenters. The number of carboxylic acid groups (broad SMARTS) is 1. The van der Waals surface area contributed by atoms with Crippen LogP contribution in [0, 0.1) is 0 Å². The molecule has 5 nitrogen and oxygen atoms in total. The third-order valence-corrected chi connectivity index (χ3v) is 3.32. The molecule has 0 fully saturated rings. The molecular formula is C15H13NO4. The van der Waals surface area contributed by atoms with E-state index < -0.39 is 5.97 Å². The lowest BCUT2D eigenvalue weighted by Crippen LogP contribution is -2.04. The summed E-state index contributed by atoms with van der Waals surface area (Å²) in [6, 6.07) is 10.7. The van der Waals surface area contributed by atoms with E-state index in [2.05, 4.69) is 0 Å². The number of furan rings is 1. The highest BCUT2D eigenvalue weighted by molar-refractivity contribution is 5.88. The van der Waals surface area contributed by atoms with Gasteiger partial charge in [0.2, 0.25) is 0 Å². The van der Waals surface area contributed by atoms with Crippen LogP contribution in [0.25, 0.3) is 22.4 Å². The van der Waals surface area contributed by atoms with Crippen molar-refractivity contribution in [3.05, 3.63) is 42.1 Å². The van der Waals surface area contributed by atoms with Crippen molar-refractivity contribution in [1.29, 1.82) is 0 Å². The van der Waals surface area contributed by atoms with E-state index in [4.69, 9.17) is 14.3 Å². The highest BCUT2D eigenvalue weighted by atomic mass is 16.5. The Kier molecular flexibility index (Phi) is 2.75. The minimum atomic E-state index is -0.962. The molecule has 0 unspecified atom stereocenters. The summed E-state index contributed by atoms with van der Waals surface area (Å²) in [7, 11) is 3.31. The van der Waals surface area contributed by atoms with Crippen molar-refractivity contribution in [3.8, 4) is 17.2 Å². The maximum Gasteiger partial charge on any atom is 0.352 e. The number of aromatic nitrogens is 1. The molecule has 0 saturated heterocycles. The van der Waals surface area contributed by atoms with Gasteiger partial charge in [0, 0.05) is 12.4 Å². The summed E-state index contributed by atoms with van der Waals surface area (Å²) in [6.07, 6.45) is 0. The summed E-state index contributed by atoms with van der Waals surface area (Å²) in [5, 5.41) is 9.98. The molecule has 0 amide bonds. The van der Waals surface area contributed by atoms with Crippen molar-refractivity contribution in [2.24, 2.45) is 7.05 Å². The van der Waals surface area contributed by atoms with Crippen LogP contribution in [0.1, 0.15) is 10.5 Å². The number of aromatic carboxylic acids is 1. The van der Waals surface area contributed by atoms with Crippen LogP contribution in [-0.2, 0) is 7.05 Å². The van der Waals surface area contributed by atoms with Crippen molar-refractivity contribution in [2.45, 2.75) is 0 Å². The molecule has 5 heteroatoms. The van der Waals surface area contributed by atoms with Crippen LogP contribution in [-0.4, -0.2) is 22.8 Å². The Hall–Kier alpha value is -2.69. The van der Waals surface area contributed by atoms with Crippen molar-refractivity contribution in [2.75, 3.05) is 7.11 Å². The Labute approximate surface area is 115 Å². The molecule has 3 rings (SSSR count). The van der Waals surface area contributed by atoms with Crippen LogP contribution in [0.3, 0.4) is 0 Å². The SMILES string of the molecule is COc1ccc2oc(-c3ccc(C(=O)O)n3C)cc2c1. The van der Waals surface area contributed by atoms with Gasteiger partial charge in [-0.3, -0.25) is 0 Å². The Morgan fingerprint density at radius 2 is 2.05 bits per heavy atom. The molecule has 20 heavy (non-hydrogen) atoms. The maximum atomic E-state index is 11.1. The standard InChI is InChI=1S/C15H13NO4/c1-16-11(4-5-12(16)15(17)18)14-8-9-7-10(19-2)3-6-13(9)20-14/h3-8H,1-2H3,(H,17,18). The molecule has 0 radical (unpaired) electrons. The minimum Gasteiger partial charge on any atom is -0.497 e. The predicted octanol–water partition coefficient (Wildman–Crippen LogP) is 3.15.